The van der Waals surface area contributed by atoms with Crippen LogP contribution in [0.2, 0.25) is 0 Å². The van der Waals surface area contributed by atoms with E-state index in [4.69, 9.17) is 4.74 Å². The molecule has 1 aromatic carbocycles. The summed E-state index contributed by atoms with van der Waals surface area (Å²) in [6, 6.07) is 9.20. The topological polar surface area (TPSA) is 51.2 Å². The Balaban J connectivity index is 2.30. The molecule has 4 nitrogen and oxygen atoms in total. The summed E-state index contributed by atoms with van der Waals surface area (Å²) in [7, 11) is 1.63. The molecule has 4 heteroatoms. The molecule has 0 unspecified atom stereocenters. The van der Waals surface area contributed by atoms with Gasteiger partial charge in [0, 0.05) is 11.9 Å². The Morgan fingerprint density at radius 3 is 2.89 bits per heavy atom. The van der Waals surface area contributed by atoms with Crippen LogP contribution in [0.15, 0.2) is 30.3 Å². The van der Waals surface area contributed by atoms with E-state index in [1.54, 1.807) is 13.2 Å². The Bertz CT molecular complexity index is 567. The number of carbonyl (C=O) groups is 1. The van der Waals surface area contributed by atoms with Gasteiger partial charge in [0.05, 0.1) is 12.6 Å². The number of methoxy groups -OCH3 is 1. The molecule has 0 bridgehead atoms. The molecule has 1 aromatic heterocycles. The number of amides is 1. The SMILES string of the molecule is CCCNC(=O)c1ccc2cc(OC)ccc2n1. The fourth-order valence-corrected chi connectivity index (χ4v) is 1.69. The van der Waals surface area contributed by atoms with E-state index in [1.165, 1.54) is 0 Å². The van der Waals surface area contributed by atoms with Crippen molar-refractivity contribution < 1.29 is 9.53 Å². The van der Waals surface area contributed by atoms with Crippen LogP contribution >= 0.6 is 0 Å². The van der Waals surface area contributed by atoms with E-state index in [2.05, 4.69) is 10.3 Å². The Morgan fingerprint density at radius 2 is 2.17 bits per heavy atom. The second-order valence-electron chi connectivity index (χ2n) is 4.01. The summed E-state index contributed by atoms with van der Waals surface area (Å²) >= 11 is 0. The van der Waals surface area contributed by atoms with Crippen LogP contribution in [0, 0.1) is 0 Å². The maximum Gasteiger partial charge on any atom is 0.269 e. The highest BCUT2D eigenvalue weighted by atomic mass is 16.5. The van der Waals surface area contributed by atoms with Crippen molar-refractivity contribution in [3.8, 4) is 5.75 Å². The largest absolute Gasteiger partial charge is 0.497 e. The fraction of sp³-hybridized carbons (Fsp3) is 0.286. The number of hydrogen-bond donors (Lipinski definition) is 1. The first kappa shape index (κ1) is 12.4. The quantitative estimate of drug-likeness (QED) is 0.898. The Kier molecular flexibility index (Phi) is 3.77. The van der Waals surface area contributed by atoms with Gasteiger partial charge in [-0.3, -0.25) is 4.79 Å². The van der Waals surface area contributed by atoms with E-state index >= 15 is 0 Å². The monoisotopic (exact) mass is 244 g/mol. The molecule has 94 valence electrons. The molecule has 2 rings (SSSR count). The van der Waals surface area contributed by atoms with Crippen LogP contribution in [0.25, 0.3) is 10.9 Å². The number of rotatable bonds is 4. The minimum Gasteiger partial charge on any atom is -0.497 e. The fourth-order valence-electron chi connectivity index (χ4n) is 1.69. The number of carbonyl (C=O) groups excluding carboxylic acids is 1. The van der Waals surface area contributed by atoms with E-state index in [0.29, 0.717) is 12.2 Å². The van der Waals surface area contributed by atoms with Gasteiger partial charge in [-0.05, 0) is 30.7 Å². The van der Waals surface area contributed by atoms with Crippen LogP contribution in [-0.2, 0) is 0 Å². The molecular weight excluding hydrogens is 228 g/mol. The van der Waals surface area contributed by atoms with Crippen molar-refractivity contribution in [2.45, 2.75) is 13.3 Å². The molecule has 0 radical (unpaired) electrons. The zero-order valence-electron chi connectivity index (χ0n) is 10.6. The second kappa shape index (κ2) is 5.49. The van der Waals surface area contributed by atoms with Gasteiger partial charge >= 0.3 is 0 Å². The molecule has 1 N–H and O–H groups in total. The van der Waals surface area contributed by atoms with Gasteiger partial charge in [-0.1, -0.05) is 13.0 Å². The van der Waals surface area contributed by atoms with Gasteiger partial charge in [-0.25, -0.2) is 4.98 Å². The summed E-state index contributed by atoms with van der Waals surface area (Å²) in [6.45, 7) is 2.68. The average Bonchev–Trinajstić information content (AvgIpc) is 2.43. The number of benzene rings is 1. The summed E-state index contributed by atoms with van der Waals surface area (Å²) in [5.74, 6) is 0.655. The molecule has 1 heterocycles. The van der Waals surface area contributed by atoms with Gasteiger partial charge < -0.3 is 10.1 Å². The van der Waals surface area contributed by atoms with E-state index in [9.17, 15) is 4.79 Å². The van der Waals surface area contributed by atoms with E-state index in [-0.39, 0.29) is 5.91 Å². The number of pyridine rings is 1. The van der Waals surface area contributed by atoms with Gasteiger partial charge in [0.2, 0.25) is 0 Å². The van der Waals surface area contributed by atoms with Crippen molar-refractivity contribution in [3.63, 3.8) is 0 Å². The lowest BCUT2D eigenvalue weighted by Gasteiger charge is -2.05. The van der Waals surface area contributed by atoms with Crippen molar-refractivity contribution in [3.05, 3.63) is 36.0 Å². The molecule has 0 atom stereocenters. The first-order valence-electron chi connectivity index (χ1n) is 5.97. The number of nitrogens with one attached hydrogen (secondary N) is 1. The highest BCUT2D eigenvalue weighted by Gasteiger charge is 2.07. The lowest BCUT2D eigenvalue weighted by molar-refractivity contribution is 0.0949. The van der Waals surface area contributed by atoms with Crippen LogP contribution < -0.4 is 10.1 Å². The van der Waals surface area contributed by atoms with Crippen LogP contribution in [0.4, 0.5) is 0 Å². The number of fused-ring (bicyclic) bond motifs is 1. The maximum absolute atomic E-state index is 11.8. The zero-order chi connectivity index (χ0) is 13.0. The highest BCUT2D eigenvalue weighted by Crippen LogP contribution is 2.19. The highest BCUT2D eigenvalue weighted by molar-refractivity contribution is 5.95. The minimum absolute atomic E-state index is 0.130. The predicted molar refractivity (Wildman–Crippen MR) is 70.9 cm³/mol. The van der Waals surface area contributed by atoms with Crippen molar-refractivity contribution >= 4 is 16.8 Å². The van der Waals surface area contributed by atoms with Gasteiger partial charge in [0.15, 0.2) is 0 Å². The molecule has 0 fully saturated rings. The van der Waals surface area contributed by atoms with E-state index < -0.39 is 0 Å². The summed E-state index contributed by atoms with van der Waals surface area (Å²) in [4.78, 5) is 16.1. The molecule has 0 aliphatic heterocycles. The average molecular weight is 244 g/mol. The smallest absolute Gasteiger partial charge is 0.269 e. The number of hydrogen-bond acceptors (Lipinski definition) is 3. The first-order valence-corrected chi connectivity index (χ1v) is 5.97. The third kappa shape index (κ3) is 2.59. The van der Waals surface area contributed by atoms with Gasteiger partial charge in [-0.2, -0.15) is 0 Å². The first-order chi connectivity index (χ1) is 8.74. The van der Waals surface area contributed by atoms with Crippen LogP contribution in [0.1, 0.15) is 23.8 Å². The van der Waals surface area contributed by atoms with Crippen LogP contribution in [0.5, 0.6) is 5.75 Å². The van der Waals surface area contributed by atoms with Crippen molar-refractivity contribution in [1.29, 1.82) is 0 Å². The van der Waals surface area contributed by atoms with Gasteiger partial charge in [0.1, 0.15) is 11.4 Å². The number of nitrogens with zero attached hydrogens (tertiary/aromatic N) is 1. The zero-order valence-corrected chi connectivity index (χ0v) is 10.6. The third-order valence-electron chi connectivity index (χ3n) is 2.66. The van der Waals surface area contributed by atoms with Crippen LogP contribution in [0.3, 0.4) is 0 Å². The van der Waals surface area contributed by atoms with E-state index in [0.717, 1.165) is 23.1 Å². The van der Waals surface area contributed by atoms with Gasteiger partial charge in [-0.15, -0.1) is 0 Å². The predicted octanol–water partition coefficient (Wildman–Crippen LogP) is 2.38. The van der Waals surface area contributed by atoms with Crippen molar-refractivity contribution in [2.75, 3.05) is 13.7 Å². The lowest BCUT2D eigenvalue weighted by atomic mass is 10.2. The second-order valence-corrected chi connectivity index (χ2v) is 4.01. The Labute approximate surface area is 106 Å². The molecule has 0 aliphatic rings. The Morgan fingerprint density at radius 1 is 1.33 bits per heavy atom. The van der Waals surface area contributed by atoms with Crippen molar-refractivity contribution in [1.82, 2.24) is 10.3 Å². The molecule has 18 heavy (non-hydrogen) atoms. The summed E-state index contributed by atoms with van der Waals surface area (Å²) < 4.78 is 5.15. The summed E-state index contributed by atoms with van der Waals surface area (Å²) in [6.07, 6.45) is 0.913. The van der Waals surface area contributed by atoms with E-state index in [1.807, 2.05) is 31.2 Å². The van der Waals surface area contributed by atoms with Crippen molar-refractivity contribution in [2.24, 2.45) is 0 Å². The lowest BCUT2D eigenvalue weighted by Crippen LogP contribution is -2.24. The Hall–Kier alpha value is -2.10. The normalized spacial score (nSPS) is 10.3. The standard InChI is InChI=1S/C14H16N2O2/c1-3-8-15-14(17)13-6-4-10-9-11(18-2)5-7-12(10)16-13/h4-7,9H,3,8H2,1-2H3,(H,15,17). The van der Waals surface area contributed by atoms with Crippen LogP contribution in [-0.4, -0.2) is 24.5 Å². The number of aromatic nitrogens is 1. The molecule has 2 aromatic rings. The third-order valence-corrected chi connectivity index (χ3v) is 2.66. The maximum atomic E-state index is 11.8. The molecule has 0 aliphatic carbocycles. The summed E-state index contributed by atoms with van der Waals surface area (Å²) in [5, 5.41) is 3.77. The molecule has 1 amide bonds. The minimum atomic E-state index is -0.130. The molecule has 0 saturated heterocycles. The number of ether oxygens (including phenoxy) is 1. The molecule has 0 saturated carbocycles. The molecule has 0 spiro atoms. The summed E-state index contributed by atoms with van der Waals surface area (Å²) in [5.41, 5.74) is 1.24. The van der Waals surface area contributed by atoms with Gasteiger partial charge in [0.25, 0.3) is 5.91 Å². The molecular formula is C14H16N2O2.